The van der Waals surface area contributed by atoms with Gasteiger partial charge < -0.3 is 24.7 Å². The number of fused-ring (bicyclic) bond motifs is 1. The quantitative estimate of drug-likeness (QED) is 0.590. The number of pyridine rings is 1. The summed E-state index contributed by atoms with van der Waals surface area (Å²) in [6, 6.07) is 8.37. The molecule has 9 nitrogen and oxygen atoms in total. The Bertz CT molecular complexity index is 1050. The number of carbonyl (C=O) groups is 2. The Morgan fingerprint density at radius 1 is 1.21 bits per heavy atom. The number of amides is 1. The number of aromatic nitrogens is 3. The third-order valence-corrected chi connectivity index (χ3v) is 4.32. The van der Waals surface area contributed by atoms with E-state index in [1.54, 1.807) is 24.4 Å². The highest BCUT2D eigenvalue weighted by Crippen LogP contribution is 2.28. The first kappa shape index (κ1) is 20.1. The fraction of sp³-hybridized carbons (Fsp3) is 0.300. The zero-order valence-electron chi connectivity index (χ0n) is 16.7. The average molecular weight is 397 g/mol. The lowest BCUT2D eigenvalue weighted by Gasteiger charge is -2.14. The maximum Gasteiger partial charge on any atom is 0.328 e. The molecule has 9 heteroatoms. The van der Waals surface area contributed by atoms with E-state index in [1.807, 2.05) is 30.7 Å². The predicted molar refractivity (Wildman–Crippen MR) is 109 cm³/mol. The molecule has 0 fully saturated rings. The smallest absolute Gasteiger partial charge is 0.328 e. The molecule has 1 unspecified atom stereocenters. The summed E-state index contributed by atoms with van der Waals surface area (Å²) in [5.41, 5.74) is 1.59. The first-order valence-corrected chi connectivity index (χ1v) is 9.13. The van der Waals surface area contributed by atoms with Crippen molar-refractivity contribution in [2.24, 2.45) is 7.05 Å². The molecule has 2 N–H and O–H groups in total. The van der Waals surface area contributed by atoms with Crippen molar-refractivity contribution in [1.82, 2.24) is 14.5 Å². The van der Waals surface area contributed by atoms with Crippen LogP contribution in [0, 0.1) is 0 Å². The maximum atomic E-state index is 11.9. The number of benzene rings is 1. The van der Waals surface area contributed by atoms with Crippen LogP contribution in [0.15, 0.2) is 36.5 Å². The number of esters is 1. The summed E-state index contributed by atoms with van der Waals surface area (Å²) in [6.45, 7) is 3.31. The van der Waals surface area contributed by atoms with Crippen LogP contribution in [0.2, 0.25) is 0 Å². The van der Waals surface area contributed by atoms with Gasteiger partial charge in [0.15, 0.2) is 0 Å². The summed E-state index contributed by atoms with van der Waals surface area (Å²) in [7, 11) is 3.23. The van der Waals surface area contributed by atoms with Gasteiger partial charge >= 0.3 is 5.97 Å². The van der Waals surface area contributed by atoms with Gasteiger partial charge in [-0.15, -0.1) is 0 Å². The molecular formula is C20H23N5O4. The van der Waals surface area contributed by atoms with Crippen LogP contribution in [0.5, 0.6) is 11.5 Å². The zero-order chi connectivity index (χ0) is 21.0. The Morgan fingerprint density at radius 2 is 1.97 bits per heavy atom. The number of carbonyl (C=O) groups excluding carboxylic acids is 2. The van der Waals surface area contributed by atoms with Gasteiger partial charge in [-0.05, 0) is 24.6 Å². The molecule has 1 aromatic carbocycles. The summed E-state index contributed by atoms with van der Waals surface area (Å²) in [5.74, 6) is 1.55. The van der Waals surface area contributed by atoms with Crippen molar-refractivity contribution in [3.05, 3.63) is 36.5 Å². The molecule has 0 saturated heterocycles. The molecule has 0 spiro atoms. The summed E-state index contributed by atoms with van der Waals surface area (Å²) < 4.78 is 12.6. The summed E-state index contributed by atoms with van der Waals surface area (Å²) >= 11 is 0. The molecule has 29 heavy (non-hydrogen) atoms. The number of imidazole rings is 1. The van der Waals surface area contributed by atoms with Gasteiger partial charge in [-0.1, -0.05) is 6.92 Å². The van der Waals surface area contributed by atoms with Gasteiger partial charge in [-0.2, -0.15) is 0 Å². The van der Waals surface area contributed by atoms with Gasteiger partial charge in [0.25, 0.3) is 0 Å². The Kier molecular flexibility index (Phi) is 5.96. The van der Waals surface area contributed by atoms with E-state index in [1.165, 1.54) is 14.0 Å². The molecule has 0 bridgehead atoms. The van der Waals surface area contributed by atoms with Gasteiger partial charge in [0.05, 0.1) is 18.1 Å². The molecule has 2 heterocycles. The van der Waals surface area contributed by atoms with E-state index >= 15 is 0 Å². The maximum absolute atomic E-state index is 11.9. The van der Waals surface area contributed by atoms with Crippen LogP contribution >= 0.6 is 0 Å². The minimum atomic E-state index is -0.477. The molecule has 0 saturated carbocycles. The summed E-state index contributed by atoms with van der Waals surface area (Å²) in [5, 5.41) is 5.74. The van der Waals surface area contributed by atoms with E-state index in [9.17, 15) is 9.59 Å². The van der Waals surface area contributed by atoms with Gasteiger partial charge in [-0.3, -0.25) is 4.79 Å². The highest BCUT2D eigenvalue weighted by atomic mass is 16.5. The molecule has 0 aliphatic heterocycles. The molecule has 1 atom stereocenters. The van der Waals surface area contributed by atoms with E-state index in [2.05, 4.69) is 20.6 Å². The zero-order valence-corrected chi connectivity index (χ0v) is 16.7. The van der Waals surface area contributed by atoms with Crippen LogP contribution in [-0.4, -0.2) is 39.6 Å². The molecule has 2 aromatic heterocycles. The van der Waals surface area contributed by atoms with Crippen molar-refractivity contribution in [3.8, 4) is 11.5 Å². The largest absolute Gasteiger partial charge is 0.467 e. The Labute approximate surface area is 168 Å². The summed E-state index contributed by atoms with van der Waals surface area (Å²) in [4.78, 5) is 31.7. The van der Waals surface area contributed by atoms with Gasteiger partial charge in [0.1, 0.15) is 23.4 Å². The monoisotopic (exact) mass is 397 g/mol. The lowest BCUT2D eigenvalue weighted by molar-refractivity contribution is -0.141. The SMILES string of the molecule is CCC(Nc1nc2cc(Oc3ccnc(NC(C)=O)c3)ccc2n1C)C(=O)OC. The molecular weight excluding hydrogens is 374 g/mol. The number of anilines is 2. The highest BCUT2D eigenvalue weighted by Gasteiger charge is 2.19. The number of hydrogen-bond donors (Lipinski definition) is 2. The third-order valence-electron chi connectivity index (χ3n) is 4.32. The first-order valence-electron chi connectivity index (χ1n) is 9.13. The second kappa shape index (κ2) is 8.59. The standard InChI is InChI=1S/C20H23N5O4/c1-5-15(19(27)28-4)23-20-24-16-10-13(6-7-17(16)25(20)3)29-14-8-9-21-18(11-14)22-12(2)26/h6-11,15H,5H2,1-4H3,(H,23,24)(H,21,22,26). The molecule has 0 aliphatic carbocycles. The molecule has 1 amide bonds. The minimum Gasteiger partial charge on any atom is -0.467 e. The Balaban J connectivity index is 1.83. The summed E-state index contributed by atoms with van der Waals surface area (Å²) in [6.07, 6.45) is 2.13. The second-order valence-corrected chi connectivity index (χ2v) is 6.43. The van der Waals surface area contributed by atoms with E-state index < -0.39 is 6.04 Å². The Hall–Kier alpha value is -3.62. The van der Waals surface area contributed by atoms with Crippen molar-refractivity contribution in [2.75, 3.05) is 17.7 Å². The van der Waals surface area contributed by atoms with Crippen molar-refractivity contribution >= 4 is 34.7 Å². The second-order valence-electron chi connectivity index (χ2n) is 6.43. The number of rotatable bonds is 7. The van der Waals surface area contributed by atoms with Crippen molar-refractivity contribution in [3.63, 3.8) is 0 Å². The minimum absolute atomic E-state index is 0.207. The average Bonchev–Trinajstić information content (AvgIpc) is 3.00. The van der Waals surface area contributed by atoms with Gasteiger partial charge in [0, 0.05) is 32.3 Å². The highest BCUT2D eigenvalue weighted by molar-refractivity contribution is 5.87. The fourth-order valence-corrected chi connectivity index (χ4v) is 2.86. The number of hydrogen-bond acceptors (Lipinski definition) is 7. The lowest BCUT2D eigenvalue weighted by Crippen LogP contribution is -2.30. The van der Waals surface area contributed by atoms with E-state index in [4.69, 9.17) is 9.47 Å². The van der Waals surface area contributed by atoms with Crippen molar-refractivity contribution < 1.29 is 19.1 Å². The van der Waals surface area contributed by atoms with Crippen LogP contribution < -0.4 is 15.4 Å². The van der Waals surface area contributed by atoms with E-state index in [0.29, 0.717) is 35.2 Å². The molecule has 3 aromatic rings. The van der Waals surface area contributed by atoms with E-state index in [-0.39, 0.29) is 11.9 Å². The molecule has 0 aliphatic rings. The first-order chi connectivity index (χ1) is 13.9. The van der Waals surface area contributed by atoms with Crippen LogP contribution in [0.3, 0.4) is 0 Å². The fourth-order valence-electron chi connectivity index (χ4n) is 2.86. The molecule has 0 radical (unpaired) electrons. The Morgan fingerprint density at radius 3 is 2.66 bits per heavy atom. The van der Waals surface area contributed by atoms with Crippen LogP contribution in [0.1, 0.15) is 20.3 Å². The van der Waals surface area contributed by atoms with Crippen LogP contribution in [0.4, 0.5) is 11.8 Å². The van der Waals surface area contributed by atoms with Crippen molar-refractivity contribution in [2.45, 2.75) is 26.3 Å². The number of methoxy groups -OCH3 is 1. The lowest BCUT2D eigenvalue weighted by atomic mass is 10.2. The molecule has 152 valence electrons. The van der Waals surface area contributed by atoms with Crippen LogP contribution in [0.25, 0.3) is 11.0 Å². The van der Waals surface area contributed by atoms with Crippen LogP contribution in [-0.2, 0) is 21.4 Å². The number of nitrogens with zero attached hydrogens (tertiary/aromatic N) is 3. The number of ether oxygens (including phenoxy) is 2. The normalized spacial score (nSPS) is 11.7. The van der Waals surface area contributed by atoms with Gasteiger partial charge in [-0.25, -0.2) is 14.8 Å². The van der Waals surface area contributed by atoms with Crippen molar-refractivity contribution in [1.29, 1.82) is 0 Å². The van der Waals surface area contributed by atoms with Gasteiger partial charge in [0.2, 0.25) is 11.9 Å². The van der Waals surface area contributed by atoms with E-state index in [0.717, 1.165) is 5.52 Å². The number of nitrogens with one attached hydrogen (secondary N) is 2. The molecule has 3 rings (SSSR count). The third kappa shape index (κ3) is 4.63. The number of aryl methyl sites for hydroxylation is 1. The predicted octanol–water partition coefficient (Wildman–Crippen LogP) is 3.08. The topological polar surface area (TPSA) is 107 Å².